The number of hydrogen-bond donors (Lipinski definition) is 0. The van der Waals surface area contributed by atoms with Crippen LogP contribution < -0.4 is 0 Å². The normalized spacial score (nSPS) is 10.9. The van der Waals surface area contributed by atoms with E-state index in [-0.39, 0.29) is 0 Å². The molecule has 0 aliphatic carbocycles. The molecule has 0 saturated carbocycles. The first-order chi connectivity index (χ1) is 8.66. The van der Waals surface area contributed by atoms with Crippen LogP contribution in [0, 0.1) is 0 Å². The molecule has 2 nitrogen and oxygen atoms in total. The highest BCUT2D eigenvalue weighted by molar-refractivity contribution is 9.10. The van der Waals surface area contributed by atoms with E-state index in [2.05, 4.69) is 45.0 Å². The van der Waals surface area contributed by atoms with E-state index < -0.39 is 0 Å². The Bertz CT molecular complexity index is 483. The van der Waals surface area contributed by atoms with Crippen molar-refractivity contribution in [3.05, 3.63) is 63.3 Å². The zero-order chi connectivity index (χ0) is 13.0. The average molecular weight is 326 g/mol. The number of hydrogen-bond acceptors (Lipinski definition) is 2. The quantitative estimate of drug-likeness (QED) is 0.786. The zero-order valence-corrected chi connectivity index (χ0v) is 12.4. The Hall–Kier alpha value is -0.900. The van der Waals surface area contributed by atoms with Crippen LogP contribution >= 0.6 is 27.5 Å². The highest BCUT2D eigenvalue weighted by Gasteiger charge is 2.07. The Balaban J connectivity index is 2.04. The molecule has 1 aromatic carbocycles. The summed E-state index contributed by atoms with van der Waals surface area (Å²) in [5, 5.41) is 0.580. The predicted octanol–water partition coefficient (Wildman–Crippen LogP) is 4.13. The van der Waals surface area contributed by atoms with Crippen molar-refractivity contribution in [3.63, 3.8) is 0 Å². The Morgan fingerprint density at radius 3 is 2.50 bits per heavy atom. The molecule has 0 atom stereocenters. The van der Waals surface area contributed by atoms with Crippen LogP contribution in [0.25, 0.3) is 0 Å². The Morgan fingerprint density at radius 1 is 1.11 bits per heavy atom. The van der Waals surface area contributed by atoms with E-state index in [4.69, 9.17) is 11.6 Å². The maximum atomic E-state index is 6.06. The van der Waals surface area contributed by atoms with Crippen molar-refractivity contribution >= 4 is 27.5 Å². The van der Waals surface area contributed by atoms with E-state index in [0.29, 0.717) is 5.15 Å². The lowest BCUT2D eigenvalue weighted by molar-refractivity contribution is 0.318. The summed E-state index contributed by atoms with van der Waals surface area (Å²) >= 11 is 9.62. The summed E-state index contributed by atoms with van der Waals surface area (Å²) in [6.45, 7) is 1.65. The molecule has 0 unspecified atom stereocenters. The summed E-state index contributed by atoms with van der Waals surface area (Å²) in [6.07, 6.45) is 1.71. The Labute approximate surface area is 121 Å². The molecule has 1 aromatic heterocycles. The second-order valence-electron chi connectivity index (χ2n) is 4.22. The van der Waals surface area contributed by atoms with Gasteiger partial charge in [-0.2, -0.15) is 0 Å². The highest BCUT2D eigenvalue weighted by atomic mass is 79.9. The molecule has 18 heavy (non-hydrogen) atoms. The molecule has 0 amide bonds. The predicted molar refractivity (Wildman–Crippen MR) is 78.6 cm³/mol. The molecule has 94 valence electrons. The van der Waals surface area contributed by atoms with Crippen LogP contribution in [-0.4, -0.2) is 16.9 Å². The number of halogens is 2. The fourth-order valence-electron chi connectivity index (χ4n) is 1.80. The fraction of sp³-hybridized carbons (Fsp3) is 0.214. The molecule has 0 spiro atoms. The summed E-state index contributed by atoms with van der Waals surface area (Å²) in [7, 11) is 2.07. The van der Waals surface area contributed by atoms with Crippen molar-refractivity contribution in [2.24, 2.45) is 0 Å². The van der Waals surface area contributed by atoms with E-state index in [9.17, 15) is 0 Å². The van der Waals surface area contributed by atoms with Crippen LogP contribution in [-0.2, 0) is 13.1 Å². The van der Waals surface area contributed by atoms with Crippen LogP contribution in [0.5, 0.6) is 0 Å². The van der Waals surface area contributed by atoms with Gasteiger partial charge in [-0.05, 0) is 24.7 Å². The van der Waals surface area contributed by atoms with Gasteiger partial charge in [0.05, 0.1) is 0 Å². The van der Waals surface area contributed by atoms with Crippen LogP contribution in [0.3, 0.4) is 0 Å². The first kappa shape index (κ1) is 13.5. The molecule has 0 radical (unpaired) electrons. The van der Waals surface area contributed by atoms with E-state index in [1.165, 1.54) is 5.56 Å². The summed E-state index contributed by atoms with van der Waals surface area (Å²) in [5.41, 5.74) is 2.31. The molecule has 0 aliphatic heterocycles. The molecule has 0 N–H and O–H groups in total. The number of nitrogens with zero attached hydrogens (tertiary/aromatic N) is 2. The van der Waals surface area contributed by atoms with Crippen molar-refractivity contribution in [1.82, 2.24) is 9.88 Å². The molecular weight excluding hydrogens is 312 g/mol. The second kappa shape index (κ2) is 6.32. The monoisotopic (exact) mass is 324 g/mol. The van der Waals surface area contributed by atoms with Gasteiger partial charge in [0.15, 0.2) is 0 Å². The number of pyridine rings is 1. The van der Waals surface area contributed by atoms with E-state index in [1.54, 1.807) is 6.20 Å². The van der Waals surface area contributed by atoms with Gasteiger partial charge >= 0.3 is 0 Å². The molecule has 0 saturated heterocycles. The lowest BCUT2D eigenvalue weighted by atomic mass is 10.2. The van der Waals surface area contributed by atoms with Crippen LogP contribution in [0.1, 0.15) is 11.1 Å². The second-order valence-corrected chi connectivity index (χ2v) is 5.43. The topological polar surface area (TPSA) is 16.1 Å². The lowest BCUT2D eigenvalue weighted by Gasteiger charge is -2.18. The number of rotatable bonds is 4. The highest BCUT2D eigenvalue weighted by Crippen LogP contribution is 2.19. The van der Waals surface area contributed by atoms with Crippen molar-refractivity contribution < 1.29 is 0 Å². The van der Waals surface area contributed by atoms with Crippen LogP contribution in [0.4, 0.5) is 0 Å². The molecule has 1 heterocycles. The largest absolute Gasteiger partial charge is 0.298 e. The summed E-state index contributed by atoms with van der Waals surface area (Å²) < 4.78 is 1.13. The third kappa shape index (κ3) is 3.55. The summed E-state index contributed by atoms with van der Waals surface area (Å²) in [6, 6.07) is 12.2. The van der Waals surface area contributed by atoms with Crippen molar-refractivity contribution in [2.45, 2.75) is 13.1 Å². The third-order valence-electron chi connectivity index (χ3n) is 2.67. The Morgan fingerprint density at radius 2 is 1.78 bits per heavy atom. The molecule has 0 aliphatic rings. The van der Waals surface area contributed by atoms with Gasteiger partial charge in [-0.25, -0.2) is 4.98 Å². The molecule has 0 fully saturated rings. The standard InChI is InChI=1S/C14H14BrClN2/c1-18(9-11-5-2-3-7-13(11)15)10-12-6-4-8-17-14(12)16/h2-8H,9-10H2,1H3. The molecule has 4 heteroatoms. The lowest BCUT2D eigenvalue weighted by Crippen LogP contribution is -2.17. The van der Waals surface area contributed by atoms with Crippen LogP contribution in [0.15, 0.2) is 47.1 Å². The maximum Gasteiger partial charge on any atom is 0.133 e. The summed E-state index contributed by atoms with van der Waals surface area (Å²) in [4.78, 5) is 6.30. The minimum atomic E-state index is 0.580. The number of benzene rings is 1. The van der Waals surface area contributed by atoms with Crippen molar-refractivity contribution in [2.75, 3.05) is 7.05 Å². The van der Waals surface area contributed by atoms with Gasteiger partial charge in [-0.1, -0.05) is 51.8 Å². The third-order valence-corrected chi connectivity index (χ3v) is 3.79. The van der Waals surface area contributed by atoms with E-state index >= 15 is 0 Å². The summed E-state index contributed by atoms with van der Waals surface area (Å²) in [5.74, 6) is 0. The molecule has 2 rings (SSSR count). The van der Waals surface area contributed by atoms with Gasteiger partial charge in [0.2, 0.25) is 0 Å². The maximum absolute atomic E-state index is 6.06. The average Bonchev–Trinajstić information content (AvgIpc) is 2.35. The first-order valence-electron chi connectivity index (χ1n) is 5.68. The molecule has 2 aromatic rings. The molecular formula is C14H14BrClN2. The van der Waals surface area contributed by atoms with Crippen molar-refractivity contribution in [1.29, 1.82) is 0 Å². The van der Waals surface area contributed by atoms with Gasteiger partial charge in [0.1, 0.15) is 5.15 Å². The minimum absolute atomic E-state index is 0.580. The minimum Gasteiger partial charge on any atom is -0.298 e. The SMILES string of the molecule is CN(Cc1ccccc1Br)Cc1cccnc1Cl. The van der Waals surface area contributed by atoms with Gasteiger partial charge in [-0.3, -0.25) is 4.90 Å². The van der Waals surface area contributed by atoms with Gasteiger partial charge < -0.3 is 0 Å². The smallest absolute Gasteiger partial charge is 0.133 e. The Kier molecular flexibility index (Phi) is 4.75. The number of aromatic nitrogens is 1. The van der Waals surface area contributed by atoms with Gasteiger partial charge in [-0.15, -0.1) is 0 Å². The fourth-order valence-corrected chi connectivity index (χ4v) is 2.39. The molecule has 0 bridgehead atoms. The van der Waals surface area contributed by atoms with Crippen LogP contribution in [0.2, 0.25) is 5.15 Å². The van der Waals surface area contributed by atoms with E-state index in [1.807, 2.05) is 24.3 Å². The van der Waals surface area contributed by atoms with Gasteiger partial charge in [0, 0.05) is 29.3 Å². The first-order valence-corrected chi connectivity index (χ1v) is 6.85. The van der Waals surface area contributed by atoms with E-state index in [0.717, 1.165) is 23.1 Å². The van der Waals surface area contributed by atoms with Gasteiger partial charge in [0.25, 0.3) is 0 Å². The zero-order valence-electron chi connectivity index (χ0n) is 10.1. The van der Waals surface area contributed by atoms with Crippen molar-refractivity contribution in [3.8, 4) is 0 Å².